The molecule has 2 aromatic rings. The van der Waals surface area contributed by atoms with E-state index < -0.39 is 0 Å². The Bertz CT molecular complexity index is 569. The highest BCUT2D eigenvalue weighted by Gasteiger charge is 2.09. The number of hydrogen-bond donors (Lipinski definition) is 1. The normalized spacial score (nSPS) is 11.7. The summed E-state index contributed by atoms with van der Waals surface area (Å²) in [6, 6.07) is 11.0. The molecule has 114 valence electrons. The van der Waals surface area contributed by atoms with Crippen LogP contribution in [0, 0.1) is 0 Å². The van der Waals surface area contributed by atoms with Gasteiger partial charge >= 0.3 is 0 Å². The number of rotatable bonds is 5. The first-order chi connectivity index (χ1) is 9.83. The van der Waals surface area contributed by atoms with E-state index in [1.165, 1.54) is 20.6 Å². The monoisotopic (exact) mass is 366 g/mol. The van der Waals surface area contributed by atoms with Crippen molar-refractivity contribution in [3.8, 4) is 0 Å². The maximum absolute atomic E-state index is 3.51. The van der Waals surface area contributed by atoms with Crippen molar-refractivity contribution in [2.75, 3.05) is 11.9 Å². The van der Waals surface area contributed by atoms with Crippen molar-refractivity contribution in [2.45, 2.75) is 39.4 Å². The van der Waals surface area contributed by atoms with Gasteiger partial charge in [-0.25, -0.2) is 0 Å². The van der Waals surface area contributed by atoms with E-state index >= 15 is 0 Å². The van der Waals surface area contributed by atoms with Gasteiger partial charge in [0.1, 0.15) is 0 Å². The van der Waals surface area contributed by atoms with E-state index in [1.807, 2.05) is 0 Å². The van der Waals surface area contributed by atoms with E-state index in [9.17, 15) is 0 Å². The summed E-state index contributed by atoms with van der Waals surface area (Å²) in [4.78, 5) is 2.27. The summed E-state index contributed by atoms with van der Waals surface area (Å²) in [6.07, 6.45) is 0. The number of hydrogen-bond acceptors (Lipinski definition) is 3. The van der Waals surface area contributed by atoms with E-state index in [-0.39, 0.29) is 5.54 Å². The molecule has 1 aromatic heterocycles. The number of nitrogens with one attached hydrogen (secondary N) is 1. The zero-order valence-electron chi connectivity index (χ0n) is 13.1. The fraction of sp³-hybridized carbons (Fsp3) is 0.412. The van der Waals surface area contributed by atoms with Crippen LogP contribution in [-0.4, -0.2) is 12.6 Å². The first-order valence-corrected chi connectivity index (χ1v) is 8.79. The SMILES string of the molecule is CN(Cc1csc(Br)c1)c1ccc(CNC(C)(C)C)cc1. The molecule has 2 rings (SSSR count). The van der Waals surface area contributed by atoms with Crippen molar-refractivity contribution in [1.82, 2.24) is 5.32 Å². The average molecular weight is 367 g/mol. The van der Waals surface area contributed by atoms with Crippen LogP contribution in [-0.2, 0) is 13.1 Å². The smallest absolute Gasteiger partial charge is 0.0701 e. The van der Waals surface area contributed by atoms with Crippen LogP contribution in [0.1, 0.15) is 31.9 Å². The van der Waals surface area contributed by atoms with Crippen molar-refractivity contribution in [1.29, 1.82) is 0 Å². The Balaban J connectivity index is 1.94. The second-order valence-corrected chi connectivity index (χ2v) is 8.68. The van der Waals surface area contributed by atoms with Crippen molar-refractivity contribution < 1.29 is 0 Å². The first kappa shape index (κ1) is 16.5. The van der Waals surface area contributed by atoms with Crippen LogP contribution in [0.5, 0.6) is 0 Å². The minimum atomic E-state index is 0.155. The number of nitrogens with zero attached hydrogens (tertiary/aromatic N) is 1. The lowest BCUT2D eigenvalue weighted by atomic mass is 10.1. The third kappa shape index (κ3) is 5.46. The van der Waals surface area contributed by atoms with Crippen LogP contribution in [0.15, 0.2) is 39.5 Å². The predicted molar refractivity (Wildman–Crippen MR) is 97.2 cm³/mol. The molecule has 21 heavy (non-hydrogen) atoms. The van der Waals surface area contributed by atoms with E-state index in [2.05, 4.69) is 89.7 Å². The molecule has 0 aliphatic rings. The predicted octanol–water partition coefficient (Wildman–Crippen LogP) is 5.04. The lowest BCUT2D eigenvalue weighted by Crippen LogP contribution is -2.35. The van der Waals surface area contributed by atoms with Crippen molar-refractivity contribution in [3.05, 3.63) is 50.6 Å². The Morgan fingerprint density at radius 2 is 1.81 bits per heavy atom. The fourth-order valence-corrected chi connectivity index (χ4v) is 3.23. The van der Waals surface area contributed by atoms with Gasteiger partial charge in [0, 0.05) is 31.4 Å². The van der Waals surface area contributed by atoms with E-state index in [4.69, 9.17) is 0 Å². The van der Waals surface area contributed by atoms with Crippen LogP contribution in [0.25, 0.3) is 0 Å². The summed E-state index contributed by atoms with van der Waals surface area (Å²) >= 11 is 5.25. The highest BCUT2D eigenvalue weighted by atomic mass is 79.9. The number of benzene rings is 1. The lowest BCUT2D eigenvalue weighted by Gasteiger charge is -2.22. The largest absolute Gasteiger partial charge is 0.370 e. The molecule has 1 aromatic carbocycles. The molecule has 0 aliphatic carbocycles. The minimum absolute atomic E-state index is 0.155. The molecule has 4 heteroatoms. The molecule has 1 N–H and O–H groups in total. The van der Waals surface area contributed by atoms with Crippen LogP contribution < -0.4 is 10.2 Å². The van der Waals surface area contributed by atoms with Gasteiger partial charge in [0.2, 0.25) is 0 Å². The first-order valence-electron chi connectivity index (χ1n) is 7.11. The maximum Gasteiger partial charge on any atom is 0.0701 e. The van der Waals surface area contributed by atoms with Crippen LogP contribution >= 0.6 is 27.3 Å². The highest BCUT2D eigenvalue weighted by molar-refractivity contribution is 9.11. The molecule has 0 saturated carbocycles. The summed E-state index contributed by atoms with van der Waals surface area (Å²) in [5, 5.41) is 5.71. The van der Waals surface area contributed by atoms with Crippen LogP contribution in [0.4, 0.5) is 5.69 Å². The molecule has 0 spiro atoms. The third-order valence-electron chi connectivity index (χ3n) is 3.24. The van der Waals surface area contributed by atoms with E-state index in [0.29, 0.717) is 0 Å². The van der Waals surface area contributed by atoms with E-state index in [1.54, 1.807) is 11.3 Å². The van der Waals surface area contributed by atoms with Crippen molar-refractivity contribution in [2.24, 2.45) is 0 Å². The highest BCUT2D eigenvalue weighted by Crippen LogP contribution is 2.23. The van der Waals surface area contributed by atoms with Crippen molar-refractivity contribution in [3.63, 3.8) is 0 Å². The molecule has 0 unspecified atom stereocenters. The Morgan fingerprint density at radius 1 is 1.14 bits per heavy atom. The molecule has 0 saturated heterocycles. The maximum atomic E-state index is 3.51. The molecule has 0 radical (unpaired) electrons. The number of halogens is 1. The molecular weight excluding hydrogens is 344 g/mol. The molecule has 1 heterocycles. The zero-order valence-corrected chi connectivity index (χ0v) is 15.5. The second kappa shape index (κ2) is 6.95. The Morgan fingerprint density at radius 3 is 2.33 bits per heavy atom. The lowest BCUT2D eigenvalue weighted by molar-refractivity contribution is 0.424. The summed E-state index contributed by atoms with van der Waals surface area (Å²) in [5.41, 5.74) is 4.06. The summed E-state index contributed by atoms with van der Waals surface area (Å²) in [7, 11) is 2.13. The van der Waals surface area contributed by atoms with Gasteiger partial charge in [0.25, 0.3) is 0 Å². The quantitative estimate of drug-likeness (QED) is 0.797. The van der Waals surface area contributed by atoms with E-state index in [0.717, 1.165) is 13.1 Å². The van der Waals surface area contributed by atoms with Crippen molar-refractivity contribution >= 4 is 33.0 Å². The Hall–Kier alpha value is -0.840. The van der Waals surface area contributed by atoms with Gasteiger partial charge in [-0.15, -0.1) is 11.3 Å². The summed E-state index contributed by atoms with van der Waals surface area (Å²) in [6.45, 7) is 8.41. The fourth-order valence-electron chi connectivity index (χ4n) is 2.03. The second-order valence-electron chi connectivity index (χ2n) is 6.39. The van der Waals surface area contributed by atoms with Gasteiger partial charge < -0.3 is 10.2 Å². The molecule has 0 bridgehead atoms. The topological polar surface area (TPSA) is 15.3 Å². The molecule has 0 amide bonds. The van der Waals surface area contributed by atoms with Gasteiger partial charge in [0.15, 0.2) is 0 Å². The zero-order chi connectivity index (χ0) is 15.5. The van der Waals surface area contributed by atoms with Crippen LogP contribution in [0.2, 0.25) is 0 Å². The summed E-state index contributed by atoms with van der Waals surface area (Å²) in [5.74, 6) is 0. The molecule has 0 aliphatic heterocycles. The van der Waals surface area contributed by atoms with Gasteiger partial charge in [-0.2, -0.15) is 0 Å². The Labute approximate surface area is 140 Å². The molecule has 0 atom stereocenters. The van der Waals surface area contributed by atoms with Gasteiger partial charge in [-0.05, 0) is 71.4 Å². The standard InChI is InChI=1S/C17H23BrN2S/c1-17(2,3)19-10-13-5-7-15(8-6-13)20(4)11-14-9-16(18)21-12-14/h5-9,12,19H,10-11H2,1-4H3. The van der Waals surface area contributed by atoms with Gasteiger partial charge in [-0.3, -0.25) is 0 Å². The number of thiophene rings is 1. The van der Waals surface area contributed by atoms with Gasteiger partial charge in [-0.1, -0.05) is 12.1 Å². The molecular formula is C17H23BrN2S. The Kier molecular flexibility index (Phi) is 5.47. The summed E-state index contributed by atoms with van der Waals surface area (Å²) < 4.78 is 1.19. The minimum Gasteiger partial charge on any atom is -0.370 e. The molecule has 2 nitrogen and oxygen atoms in total. The average Bonchev–Trinajstić information content (AvgIpc) is 2.81. The number of anilines is 1. The van der Waals surface area contributed by atoms with Crippen LogP contribution in [0.3, 0.4) is 0 Å². The third-order valence-corrected chi connectivity index (χ3v) is 4.79. The molecule has 0 fully saturated rings. The van der Waals surface area contributed by atoms with Gasteiger partial charge in [0.05, 0.1) is 3.79 Å².